The smallest absolute Gasteiger partial charge is 0.306 e. The van der Waals surface area contributed by atoms with E-state index >= 15 is 0 Å². The van der Waals surface area contributed by atoms with Crippen molar-refractivity contribution in [3.63, 3.8) is 0 Å². The molecule has 94 valence electrons. The minimum Gasteiger partial charge on any atom is -0.481 e. The van der Waals surface area contributed by atoms with Crippen LogP contribution < -0.4 is 0 Å². The maximum Gasteiger partial charge on any atom is 0.306 e. The molecule has 1 rings (SSSR count). The van der Waals surface area contributed by atoms with Crippen molar-refractivity contribution in [3.05, 3.63) is 34.9 Å². The number of aliphatic carboxylic acids is 1. The van der Waals surface area contributed by atoms with E-state index in [-0.39, 0.29) is 5.92 Å². The summed E-state index contributed by atoms with van der Waals surface area (Å²) in [7, 11) is -1.38. The van der Waals surface area contributed by atoms with E-state index in [0.29, 0.717) is 11.4 Å². The first kappa shape index (κ1) is 14.3. The van der Waals surface area contributed by atoms with E-state index in [0.717, 1.165) is 11.6 Å². The molecule has 0 aliphatic carbocycles. The van der Waals surface area contributed by atoms with E-state index in [9.17, 15) is 9.90 Å². The molecule has 0 fully saturated rings. The van der Waals surface area contributed by atoms with Crippen molar-refractivity contribution in [2.24, 2.45) is 5.92 Å². The topological polar surface area (TPSA) is 37.3 Å². The zero-order valence-electron chi connectivity index (χ0n) is 10.5. The quantitative estimate of drug-likeness (QED) is 0.824. The van der Waals surface area contributed by atoms with Crippen LogP contribution in [0.1, 0.15) is 5.56 Å². The number of benzene rings is 1. The van der Waals surface area contributed by atoms with Gasteiger partial charge >= 0.3 is 5.97 Å². The third kappa shape index (κ3) is 4.92. The second-order valence-electron chi connectivity index (χ2n) is 5.60. The minimum atomic E-state index is -1.38. The highest BCUT2D eigenvalue weighted by molar-refractivity contribution is 6.76. The van der Waals surface area contributed by atoms with Gasteiger partial charge in [-0.2, -0.15) is 0 Å². The lowest BCUT2D eigenvalue weighted by atomic mass is 10.0. The molecule has 4 heteroatoms. The minimum absolute atomic E-state index is 0.318. The second-order valence-corrected chi connectivity index (χ2v) is 11.5. The summed E-state index contributed by atoms with van der Waals surface area (Å²) in [5.74, 6) is -1.03. The summed E-state index contributed by atoms with van der Waals surface area (Å²) in [6, 6.07) is 8.26. The van der Waals surface area contributed by atoms with E-state index in [1.807, 2.05) is 24.3 Å². The fraction of sp³-hybridized carbons (Fsp3) is 0.462. The fourth-order valence-electron chi connectivity index (χ4n) is 1.92. The van der Waals surface area contributed by atoms with Crippen LogP contribution in [0.15, 0.2) is 24.3 Å². The first-order valence-corrected chi connectivity index (χ1v) is 9.84. The van der Waals surface area contributed by atoms with Crippen LogP contribution in [0.4, 0.5) is 0 Å². The number of hydrogen-bond acceptors (Lipinski definition) is 1. The second kappa shape index (κ2) is 5.69. The molecule has 1 unspecified atom stereocenters. The molecule has 0 spiro atoms. The van der Waals surface area contributed by atoms with Crippen molar-refractivity contribution >= 4 is 25.6 Å². The van der Waals surface area contributed by atoms with Crippen molar-refractivity contribution in [1.29, 1.82) is 0 Å². The number of carboxylic acid groups (broad SMARTS) is 1. The lowest BCUT2D eigenvalue weighted by Gasteiger charge is -2.21. The molecule has 17 heavy (non-hydrogen) atoms. The van der Waals surface area contributed by atoms with E-state index in [2.05, 4.69) is 19.6 Å². The van der Waals surface area contributed by atoms with Crippen LogP contribution in [0.3, 0.4) is 0 Å². The summed E-state index contributed by atoms with van der Waals surface area (Å²) in [6.45, 7) is 6.57. The normalized spacial score (nSPS) is 13.4. The summed E-state index contributed by atoms with van der Waals surface area (Å²) < 4.78 is 0. The molecular formula is C13H19ClO2Si. The monoisotopic (exact) mass is 270 g/mol. The largest absolute Gasteiger partial charge is 0.481 e. The van der Waals surface area contributed by atoms with Crippen molar-refractivity contribution in [3.8, 4) is 0 Å². The molecule has 2 nitrogen and oxygen atoms in total. The summed E-state index contributed by atoms with van der Waals surface area (Å²) in [5, 5.41) is 9.93. The number of halogens is 1. The SMILES string of the molecule is C[Si](C)(C)CC(Cc1ccccc1Cl)C(=O)O. The Hall–Kier alpha value is -0.803. The molecule has 0 aromatic heterocycles. The molecule has 0 aliphatic rings. The van der Waals surface area contributed by atoms with E-state index in [1.54, 1.807) is 0 Å². The Morgan fingerprint density at radius 1 is 1.35 bits per heavy atom. The van der Waals surface area contributed by atoms with Gasteiger partial charge in [-0.1, -0.05) is 49.4 Å². The summed E-state index contributed by atoms with van der Waals surface area (Å²) in [6.07, 6.45) is 0.527. The van der Waals surface area contributed by atoms with Crippen molar-refractivity contribution in [2.75, 3.05) is 0 Å². The van der Waals surface area contributed by atoms with Gasteiger partial charge in [0.2, 0.25) is 0 Å². The maximum atomic E-state index is 11.3. The van der Waals surface area contributed by atoms with E-state index in [4.69, 9.17) is 11.6 Å². The Morgan fingerprint density at radius 2 is 1.94 bits per heavy atom. The third-order valence-corrected chi connectivity index (χ3v) is 4.72. The number of hydrogen-bond donors (Lipinski definition) is 1. The first-order valence-electron chi connectivity index (χ1n) is 5.76. The molecule has 1 aromatic carbocycles. The van der Waals surface area contributed by atoms with Crippen LogP contribution in [0.25, 0.3) is 0 Å². The zero-order valence-corrected chi connectivity index (χ0v) is 12.3. The predicted molar refractivity (Wildman–Crippen MR) is 74.4 cm³/mol. The Balaban J connectivity index is 2.81. The summed E-state index contributed by atoms with van der Waals surface area (Å²) >= 11 is 6.06. The van der Waals surface area contributed by atoms with Gasteiger partial charge in [0.1, 0.15) is 0 Å². The van der Waals surface area contributed by atoms with Gasteiger partial charge in [0.15, 0.2) is 0 Å². The fourth-order valence-corrected chi connectivity index (χ4v) is 3.93. The standard InChI is InChI=1S/C13H19ClO2Si/c1-17(2,3)9-11(13(15)16)8-10-6-4-5-7-12(10)14/h4-7,11H,8-9H2,1-3H3,(H,15,16). The molecule has 0 amide bonds. The highest BCUT2D eigenvalue weighted by atomic mass is 35.5. The van der Waals surface area contributed by atoms with Gasteiger partial charge in [-0.15, -0.1) is 0 Å². The zero-order chi connectivity index (χ0) is 13.1. The van der Waals surface area contributed by atoms with Gasteiger partial charge in [0.05, 0.1) is 5.92 Å². The van der Waals surface area contributed by atoms with Crippen molar-refractivity contribution in [2.45, 2.75) is 32.1 Å². The van der Waals surface area contributed by atoms with Crippen molar-refractivity contribution in [1.82, 2.24) is 0 Å². The van der Waals surface area contributed by atoms with Gasteiger partial charge in [0, 0.05) is 13.1 Å². The molecule has 0 saturated carbocycles. The maximum absolute atomic E-state index is 11.3. The summed E-state index contributed by atoms with van der Waals surface area (Å²) in [4.78, 5) is 11.3. The van der Waals surface area contributed by atoms with Crippen LogP contribution in [0.2, 0.25) is 30.7 Å². The number of carboxylic acids is 1. The Kier molecular flexibility index (Phi) is 4.77. The van der Waals surface area contributed by atoms with E-state index in [1.165, 1.54) is 0 Å². The highest BCUT2D eigenvalue weighted by Crippen LogP contribution is 2.24. The highest BCUT2D eigenvalue weighted by Gasteiger charge is 2.26. The predicted octanol–water partition coefficient (Wildman–Crippen LogP) is 3.92. The molecule has 0 bridgehead atoms. The van der Waals surface area contributed by atoms with Crippen LogP contribution in [-0.4, -0.2) is 19.1 Å². The number of carbonyl (C=O) groups is 1. The lowest BCUT2D eigenvalue weighted by molar-refractivity contribution is -0.141. The van der Waals surface area contributed by atoms with Crippen LogP contribution in [0, 0.1) is 5.92 Å². The third-order valence-electron chi connectivity index (χ3n) is 2.63. The molecule has 0 radical (unpaired) electrons. The van der Waals surface area contributed by atoms with Gasteiger partial charge in [-0.25, -0.2) is 0 Å². The molecule has 1 aromatic rings. The Bertz CT molecular complexity index is 399. The van der Waals surface area contributed by atoms with Crippen LogP contribution in [0.5, 0.6) is 0 Å². The van der Waals surface area contributed by atoms with Crippen LogP contribution in [-0.2, 0) is 11.2 Å². The van der Waals surface area contributed by atoms with Crippen LogP contribution >= 0.6 is 11.6 Å². The van der Waals surface area contributed by atoms with Gasteiger partial charge in [-0.05, 0) is 24.1 Å². The molecule has 0 aliphatic heterocycles. The molecule has 1 atom stereocenters. The average molecular weight is 271 g/mol. The number of rotatable bonds is 5. The molecule has 1 N–H and O–H groups in total. The van der Waals surface area contributed by atoms with Crippen molar-refractivity contribution < 1.29 is 9.90 Å². The summed E-state index contributed by atoms with van der Waals surface area (Å²) in [5.41, 5.74) is 0.930. The van der Waals surface area contributed by atoms with Gasteiger partial charge in [-0.3, -0.25) is 4.79 Å². The molecule has 0 heterocycles. The van der Waals surface area contributed by atoms with Gasteiger partial charge < -0.3 is 5.11 Å². The first-order chi connectivity index (χ1) is 7.79. The average Bonchev–Trinajstić information content (AvgIpc) is 2.18. The van der Waals surface area contributed by atoms with Gasteiger partial charge in [0.25, 0.3) is 0 Å². The molecule has 0 saturated heterocycles. The molecular weight excluding hydrogens is 252 g/mol. The Labute approximate surface area is 109 Å². The lowest BCUT2D eigenvalue weighted by Crippen LogP contribution is -2.29. The van der Waals surface area contributed by atoms with E-state index < -0.39 is 14.0 Å². The Morgan fingerprint density at radius 3 is 2.41 bits per heavy atom.